The Morgan fingerprint density at radius 2 is 1.58 bits per heavy atom. The number of nitrogens with zero attached hydrogens (tertiary/aromatic N) is 3. The highest BCUT2D eigenvalue weighted by atomic mass is 32.2. The summed E-state index contributed by atoms with van der Waals surface area (Å²) in [7, 11) is 1.85. The number of carbonyl (C=O) groups is 1. The summed E-state index contributed by atoms with van der Waals surface area (Å²) in [6.45, 7) is 1.88. The average molecular weight is 365 g/mol. The second kappa shape index (κ2) is 6.53. The van der Waals surface area contributed by atoms with E-state index in [2.05, 4.69) is 0 Å². The number of carbonyl (C=O) groups excluding carboxylic acids is 1. The van der Waals surface area contributed by atoms with Crippen molar-refractivity contribution in [3.8, 4) is 5.69 Å². The molecule has 2 heterocycles. The highest BCUT2D eigenvalue weighted by molar-refractivity contribution is 8.00. The van der Waals surface area contributed by atoms with Gasteiger partial charge >= 0.3 is 0 Å². The molecule has 0 bridgehead atoms. The Balaban J connectivity index is 1.88. The van der Waals surface area contributed by atoms with E-state index in [1.807, 2.05) is 79.3 Å². The Morgan fingerprint density at radius 1 is 0.962 bits per heavy atom. The lowest BCUT2D eigenvalue weighted by molar-refractivity contribution is -0.115. The Morgan fingerprint density at radius 3 is 2.23 bits per heavy atom. The standard InChI is InChI=1S/C20H19N3O2S/c1-14-18(19(25)23(21(14)2)16-11-7-4-8-12-16)22-17(24)13-26-20(22)15-9-5-3-6-10-15/h3-12,20H,13H2,1-2H3/t20-/m1/s1. The molecule has 0 radical (unpaired) electrons. The fourth-order valence-electron chi connectivity index (χ4n) is 3.36. The van der Waals surface area contributed by atoms with Gasteiger partial charge in [0.2, 0.25) is 5.91 Å². The highest BCUT2D eigenvalue weighted by Gasteiger charge is 2.38. The minimum absolute atomic E-state index is 0.0325. The van der Waals surface area contributed by atoms with Gasteiger partial charge in [-0.3, -0.25) is 19.2 Å². The number of hydrogen-bond acceptors (Lipinski definition) is 3. The molecule has 0 aliphatic carbocycles. The lowest BCUT2D eigenvalue weighted by Crippen LogP contribution is -2.33. The molecule has 3 aromatic rings. The molecule has 1 aliphatic heterocycles. The van der Waals surface area contributed by atoms with Crippen LogP contribution in [0.15, 0.2) is 65.5 Å². The SMILES string of the molecule is Cc1c(N2C(=O)CS[C@@H]2c2ccccc2)c(=O)n(-c2ccccc2)n1C. The van der Waals surface area contributed by atoms with Gasteiger partial charge in [0.05, 0.1) is 17.1 Å². The zero-order chi connectivity index (χ0) is 18.3. The van der Waals surface area contributed by atoms with Crippen LogP contribution >= 0.6 is 11.8 Å². The summed E-state index contributed by atoms with van der Waals surface area (Å²) in [5.41, 5.74) is 2.87. The summed E-state index contributed by atoms with van der Waals surface area (Å²) in [6.07, 6.45) is 0. The molecule has 6 heteroatoms. The Kier molecular flexibility index (Phi) is 4.20. The molecule has 0 N–H and O–H groups in total. The summed E-state index contributed by atoms with van der Waals surface area (Å²) in [5.74, 6) is 0.341. The molecule has 1 atom stereocenters. The average Bonchev–Trinajstić information content (AvgIpc) is 3.14. The normalized spacial score (nSPS) is 17.1. The molecule has 0 saturated carbocycles. The number of benzene rings is 2. The molecule has 2 aromatic carbocycles. The molecule has 132 valence electrons. The van der Waals surface area contributed by atoms with Crippen LogP contribution in [-0.4, -0.2) is 21.0 Å². The summed E-state index contributed by atoms with van der Waals surface area (Å²) in [5, 5.41) is -0.179. The molecule has 1 saturated heterocycles. The maximum Gasteiger partial charge on any atom is 0.295 e. The quantitative estimate of drug-likeness (QED) is 0.716. The zero-order valence-electron chi connectivity index (χ0n) is 14.6. The summed E-state index contributed by atoms with van der Waals surface area (Å²) in [6, 6.07) is 19.3. The lowest BCUT2D eigenvalue weighted by Gasteiger charge is -2.23. The van der Waals surface area contributed by atoms with Crippen LogP contribution in [0.4, 0.5) is 5.69 Å². The minimum atomic E-state index is -0.179. The van der Waals surface area contributed by atoms with Crippen molar-refractivity contribution in [2.24, 2.45) is 7.05 Å². The van der Waals surface area contributed by atoms with Gasteiger partial charge in [-0.1, -0.05) is 48.5 Å². The van der Waals surface area contributed by atoms with E-state index in [0.29, 0.717) is 11.4 Å². The van der Waals surface area contributed by atoms with Crippen molar-refractivity contribution in [1.82, 2.24) is 9.36 Å². The third kappa shape index (κ3) is 2.57. The first-order valence-electron chi connectivity index (χ1n) is 8.42. The van der Waals surface area contributed by atoms with Gasteiger partial charge in [0.1, 0.15) is 11.1 Å². The smallest absolute Gasteiger partial charge is 0.288 e. The number of aromatic nitrogens is 2. The van der Waals surface area contributed by atoms with Crippen LogP contribution in [-0.2, 0) is 11.8 Å². The number of thioether (sulfide) groups is 1. The fraction of sp³-hybridized carbons (Fsp3) is 0.200. The third-order valence-electron chi connectivity index (χ3n) is 4.72. The minimum Gasteiger partial charge on any atom is -0.288 e. The van der Waals surface area contributed by atoms with E-state index in [0.717, 1.165) is 16.9 Å². The van der Waals surface area contributed by atoms with Crippen LogP contribution in [0.25, 0.3) is 5.69 Å². The number of para-hydroxylation sites is 1. The lowest BCUT2D eigenvalue weighted by atomic mass is 10.2. The predicted molar refractivity (Wildman–Crippen MR) is 105 cm³/mol. The van der Waals surface area contributed by atoms with Crippen molar-refractivity contribution in [3.63, 3.8) is 0 Å². The van der Waals surface area contributed by atoms with Crippen LogP contribution in [0.2, 0.25) is 0 Å². The summed E-state index contributed by atoms with van der Waals surface area (Å²) in [4.78, 5) is 27.6. The number of anilines is 1. The number of rotatable bonds is 3. The Bertz CT molecular complexity index is 1010. The van der Waals surface area contributed by atoms with Gasteiger partial charge in [-0.2, -0.15) is 0 Å². The predicted octanol–water partition coefficient (Wildman–Crippen LogP) is 3.26. The van der Waals surface area contributed by atoms with Crippen molar-refractivity contribution in [2.75, 3.05) is 10.7 Å². The first-order valence-corrected chi connectivity index (χ1v) is 9.47. The van der Waals surface area contributed by atoms with Gasteiger partial charge in [-0.05, 0) is 24.6 Å². The summed E-state index contributed by atoms with van der Waals surface area (Å²) >= 11 is 1.55. The van der Waals surface area contributed by atoms with Crippen LogP contribution in [0.3, 0.4) is 0 Å². The number of hydrogen-bond donors (Lipinski definition) is 0. The van der Waals surface area contributed by atoms with Crippen molar-refractivity contribution in [2.45, 2.75) is 12.3 Å². The van der Waals surface area contributed by atoms with Crippen molar-refractivity contribution in [3.05, 3.63) is 82.3 Å². The molecular formula is C20H19N3O2S. The second-order valence-corrected chi connectivity index (χ2v) is 7.32. The fourth-order valence-corrected chi connectivity index (χ4v) is 4.52. The molecule has 0 unspecified atom stereocenters. The van der Waals surface area contributed by atoms with Crippen molar-refractivity contribution >= 4 is 23.4 Å². The van der Waals surface area contributed by atoms with E-state index in [1.165, 1.54) is 0 Å². The summed E-state index contributed by atoms with van der Waals surface area (Å²) < 4.78 is 3.42. The zero-order valence-corrected chi connectivity index (χ0v) is 15.4. The van der Waals surface area contributed by atoms with Crippen molar-refractivity contribution < 1.29 is 4.79 Å². The molecule has 26 heavy (non-hydrogen) atoms. The van der Waals surface area contributed by atoms with Crippen molar-refractivity contribution in [1.29, 1.82) is 0 Å². The second-order valence-electron chi connectivity index (χ2n) is 6.25. The van der Waals surface area contributed by atoms with Crippen LogP contribution in [0, 0.1) is 6.92 Å². The van der Waals surface area contributed by atoms with Gasteiger partial charge in [0.25, 0.3) is 5.56 Å². The molecule has 4 rings (SSSR count). The van der Waals surface area contributed by atoms with Gasteiger partial charge in [-0.15, -0.1) is 11.8 Å². The van der Waals surface area contributed by atoms with Crippen LogP contribution in [0.5, 0.6) is 0 Å². The van der Waals surface area contributed by atoms with Crippen LogP contribution < -0.4 is 10.5 Å². The first kappa shape index (κ1) is 16.7. The molecule has 1 amide bonds. The first-order chi connectivity index (χ1) is 12.6. The maximum absolute atomic E-state index is 13.3. The van der Waals surface area contributed by atoms with Gasteiger partial charge in [0.15, 0.2) is 0 Å². The molecule has 1 fully saturated rings. The molecule has 0 spiro atoms. The van der Waals surface area contributed by atoms with Gasteiger partial charge in [0, 0.05) is 7.05 Å². The van der Waals surface area contributed by atoms with Crippen LogP contribution in [0.1, 0.15) is 16.6 Å². The van der Waals surface area contributed by atoms with Gasteiger partial charge in [-0.25, -0.2) is 4.68 Å². The van der Waals surface area contributed by atoms with E-state index in [9.17, 15) is 9.59 Å². The van der Waals surface area contributed by atoms with E-state index >= 15 is 0 Å². The van der Waals surface area contributed by atoms with E-state index in [-0.39, 0.29) is 16.8 Å². The highest BCUT2D eigenvalue weighted by Crippen LogP contribution is 2.41. The Hall–Kier alpha value is -2.73. The molecular weight excluding hydrogens is 346 g/mol. The van der Waals surface area contributed by atoms with E-state index < -0.39 is 0 Å². The molecule has 1 aromatic heterocycles. The monoisotopic (exact) mass is 365 g/mol. The maximum atomic E-state index is 13.3. The molecule has 5 nitrogen and oxygen atoms in total. The van der Waals surface area contributed by atoms with E-state index in [4.69, 9.17) is 0 Å². The largest absolute Gasteiger partial charge is 0.295 e. The molecule has 1 aliphatic rings. The topological polar surface area (TPSA) is 47.2 Å². The third-order valence-corrected chi connectivity index (χ3v) is 5.93. The van der Waals surface area contributed by atoms with Gasteiger partial charge < -0.3 is 0 Å². The van der Waals surface area contributed by atoms with E-state index in [1.54, 1.807) is 21.3 Å². The number of amides is 1. The Labute approximate surface area is 155 Å².